The fraction of sp³-hybridized carbons (Fsp3) is 0.900. The number of hydrogen-bond acceptors (Lipinski definition) is 3. The Hall–Kier alpha value is -0.610. The Morgan fingerprint density at radius 1 is 1.50 bits per heavy atom. The van der Waals surface area contributed by atoms with Crippen LogP contribution in [0.15, 0.2) is 0 Å². The molecule has 3 N–H and O–H groups in total. The van der Waals surface area contributed by atoms with Crippen LogP contribution in [0.3, 0.4) is 0 Å². The Morgan fingerprint density at radius 3 is 2.36 bits per heavy atom. The van der Waals surface area contributed by atoms with Gasteiger partial charge < -0.3 is 15.8 Å². The Morgan fingerprint density at radius 2 is 2.00 bits per heavy atom. The molecule has 0 aliphatic carbocycles. The van der Waals surface area contributed by atoms with Gasteiger partial charge in [0.2, 0.25) is 0 Å². The fourth-order valence-electron chi connectivity index (χ4n) is 1.11. The number of rotatable bonds is 5. The Kier molecular flexibility index (Phi) is 5.08. The van der Waals surface area contributed by atoms with Crippen LogP contribution >= 0.6 is 0 Å². The van der Waals surface area contributed by atoms with E-state index in [4.69, 9.17) is 10.5 Å². The average Bonchev–Trinajstić information content (AvgIpc) is 2.02. The molecule has 0 aromatic heterocycles. The molecular weight excluding hydrogens is 180 g/mol. The first kappa shape index (κ1) is 13.4. The lowest BCUT2D eigenvalue weighted by Crippen LogP contribution is -2.48. The van der Waals surface area contributed by atoms with Gasteiger partial charge in [-0.3, -0.25) is 4.79 Å². The van der Waals surface area contributed by atoms with E-state index in [1.54, 1.807) is 13.8 Å². The predicted octanol–water partition coefficient (Wildman–Crippen LogP) is 0.653. The lowest BCUT2D eigenvalue weighted by molar-refractivity contribution is -0.140. The van der Waals surface area contributed by atoms with E-state index in [1.807, 2.05) is 13.8 Å². The van der Waals surface area contributed by atoms with Crippen LogP contribution in [0.2, 0.25) is 0 Å². The zero-order valence-electron chi connectivity index (χ0n) is 9.76. The van der Waals surface area contributed by atoms with Crippen molar-refractivity contribution >= 4 is 5.91 Å². The predicted molar refractivity (Wildman–Crippen MR) is 57.0 cm³/mol. The first-order valence-electron chi connectivity index (χ1n) is 4.91. The maximum atomic E-state index is 11.6. The quantitative estimate of drug-likeness (QED) is 0.688. The van der Waals surface area contributed by atoms with Gasteiger partial charge in [0, 0.05) is 19.2 Å². The minimum atomic E-state index is -0.772. The molecule has 2 atom stereocenters. The molecule has 0 aliphatic heterocycles. The van der Waals surface area contributed by atoms with Crippen LogP contribution in [0, 0.1) is 0 Å². The molecule has 0 saturated heterocycles. The highest BCUT2D eigenvalue weighted by Crippen LogP contribution is 2.08. The average molecular weight is 202 g/mol. The van der Waals surface area contributed by atoms with E-state index >= 15 is 0 Å². The van der Waals surface area contributed by atoms with E-state index in [-0.39, 0.29) is 18.0 Å². The van der Waals surface area contributed by atoms with Gasteiger partial charge in [-0.1, -0.05) is 0 Å². The van der Waals surface area contributed by atoms with Crippen molar-refractivity contribution < 1.29 is 9.53 Å². The van der Waals surface area contributed by atoms with E-state index in [0.717, 1.165) is 6.42 Å². The molecule has 0 saturated carbocycles. The van der Waals surface area contributed by atoms with Gasteiger partial charge >= 0.3 is 0 Å². The molecule has 0 radical (unpaired) electrons. The number of ether oxygens (including phenoxy) is 1. The van der Waals surface area contributed by atoms with Crippen molar-refractivity contribution in [1.82, 2.24) is 5.32 Å². The maximum absolute atomic E-state index is 11.6. The molecule has 0 aromatic rings. The SMILES string of the molecule is COC(C)(C)C(=O)NC(C)CC(C)N. The number of carbonyl (C=O) groups excluding carboxylic acids is 1. The molecule has 2 unspecified atom stereocenters. The van der Waals surface area contributed by atoms with Crippen molar-refractivity contribution in [2.24, 2.45) is 5.73 Å². The van der Waals surface area contributed by atoms with Gasteiger partial charge in [0.15, 0.2) is 0 Å². The minimum absolute atomic E-state index is 0.0805. The Balaban J connectivity index is 4.06. The number of amides is 1. The second kappa shape index (κ2) is 5.32. The lowest BCUT2D eigenvalue weighted by Gasteiger charge is -2.25. The summed E-state index contributed by atoms with van der Waals surface area (Å²) in [5, 5.41) is 2.86. The monoisotopic (exact) mass is 202 g/mol. The highest BCUT2D eigenvalue weighted by atomic mass is 16.5. The Bertz CT molecular complexity index is 191. The van der Waals surface area contributed by atoms with E-state index < -0.39 is 5.60 Å². The summed E-state index contributed by atoms with van der Waals surface area (Å²) >= 11 is 0. The number of methoxy groups -OCH3 is 1. The van der Waals surface area contributed by atoms with Crippen LogP contribution in [-0.2, 0) is 9.53 Å². The van der Waals surface area contributed by atoms with Crippen molar-refractivity contribution in [3.63, 3.8) is 0 Å². The summed E-state index contributed by atoms with van der Waals surface area (Å²) in [6.45, 7) is 7.33. The minimum Gasteiger partial charge on any atom is -0.369 e. The van der Waals surface area contributed by atoms with E-state index in [1.165, 1.54) is 7.11 Å². The number of nitrogens with two attached hydrogens (primary N) is 1. The molecule has 0 bridgehead atoms. The van der Waals surface area contributed by atoms with Crippen LogP contribution in [0.1, 0.15) is 34.1 Å². The zero-order chi connectivity index (χ0) is 11.4. The first-order valence-corrected chi connectivity index (χ1v) is 4.91. The molecule has 4 heteroatoms. The summed E-state index contributed by atoms with van der Waals surface area (Å²) < 4.78 is 5.06. The van der Waals surface area contributed by atoms with Crippen molar-refractivity contribution in [2.75, 3.05) is 7.11 Å². The van der Waals surface area contributed by atoms with Crippen LogP contribution in [0.5, 0.6) is 0 Å². The number of nitrogens with one attached hydrogen (secondary N) is 1. The number of hydrogen-bond donors (Lipinski definition) is 2. The highest BCUT2D eigenvalue weighted by molar-refractivity contribution is 5.84. The summed E-state index contributed by atoms with van der Waals surface area (Å²) in [7, 11) is 1.52. The molecule has 1 amide bonds. The third kappa shape index (κ3) is 4.58. The van der Waals surface area contributed by atoms with Crippen molar-refractivity contribution in [1.29, 1.82) is 0 Å². The normalized spacial score (nSPS) is 16.1. The highest BCUT2D eigenvalue weighted by Gasteiger charge is 2.27. The van der Waals surface area contributed by atoms with Gasteiger partial charge in [-0.05, 0) is 34.1 Å². The number of carbonyl (C=O) groups is 1. The van der Waals surface area contributed by atoms with Gasteiger partial charge in [-0.15, -0.1) is 0 Å². The second-order valence-corrected chi connectivity index (χ2v) is 4.30. The van der Waals surface area contributed by atoms with Gasteiger partial charge in [-0.25, -0.2) is 0 Å². The van der Waals surface area contributed by atoms with Crippen LogP contribution in [-0.4, -0.2) is 30.7 Å². The first-order chi connectivity index (χ1) is 6.29. The molecule has 84 valence electrons. The van der Waals surface area contributed by atoms with Crippen molar-refractivity contribution in [2.45, 2.75) is 51.8 Å². The van der Waals surface area contributed by atoms with Crippen LogP contribution < -0.4 is 11.1 Å². The summed E-state index contributed by atoms with van der Waals surface area (Å²) in [6.07, 6.45) is 0.769. The largest absolute Gasteiger partial charge is 0.369 e. The fourth-order valence-corrected chi connectivity index (χ4v) is 1.11. The van der Waals surface area contributed by atoms with E-state index in [9.17, 15) is 4.79 Å². The molecule has 0 rings (SSSR count). The summed E-state index contributed by atoms with van der Waals surface area (Å²) in [5.41, 5.74) is 4.86. The molecule has 0 fully saturated rings. The van der Waals surface area contributed by atoms with Gasteiger partial charge in [0.1, 0.15) is 5.60 Å². The standard InChI is InChI=1S/C10H22N2O2/c1-7(11)6-8(2)12-9(13)10(3,4)14-5/h7-8H,6,11H2,1-5H3,(H,12,13). The van der Waals surface area contributed by atoms with Gasteiger partial charge in [-0.2, -0.15) is 0 Å². The zero-order valence-corrected chi connectivity index (χ0v) is 9.76. The molecule has 4 nitrogen and oxygen atoms in total. The molecule has 0 aliphatic rings. The lowest BCUT2D eigenvalue weighted by atomic mass is 10.1. The molecule has 0 heterocycles. The van der Waals surface area contributed by atoms with E-state index in [2.05, 4.69) is 5.32 Å². The molecule has 14 heavy (non-hydrogen) atoms. The van der Waals surface area contributed by atoms with Gasteiger partial charge in [0.25, 0.3) is 5.91 Å². The summed E-state index contributed by atoms with van der Waals surface area (Å²) in [4.78, 5) is 11.6. The summed E-state index contributed by atoms with van der Waals surface area (Å²) in [5.74, 6) is -0.104. The molecule has 0 spiro atoms. The summed E-state index contributed by atoms with van der Waals surface area (Å²) in [6, 6.07) is 0.174. The van der Waals surface area contributed by atoms with Crippen LogP contribution in [0.25, 0.3) is 0 Å². The van der Waals surface area contributed by atoms with E-state index in [0.29, 0.717) is 0 Å². The second-order valence-electron chi connectivity index (χ2n) is 4.30. The van der Waals surface area contributed by atoms with Crippen molar-refractivity contribution in [3.8, 4) is 0 Å². The molecule has 0 aromatic carbocycles. The molecular formula is C10H22N2O2. The maximum Gasteiger partial charge on any atom is 0.251 e. The van der Waals surface area contributed by atoms with Crippen LogP contribution in [0.4, 0.5) is 0 Å². The third-order valence-corrected chi connectivity index (χ3v) is 2.16. The topological polar surface area (TPSA) is 64.3 Å². The van der Waals surface area contributed by atoms with Gasteiger partial charge in [0.05, 0.1) is 0 Å². The Labute approximate surface area is 86.2 Å². The third-order valence-electron chi connectivity index (χ3n) is 2.16. The van der Waals surface area contributed by atoms with Crippen molar-refractivity contribution in [3.05, 3.63) is 0 Å². The smallest absolute Gasteiger partial charge is 0.251 e.